The first-order valence-corrected chi connectivity index (χ1v) is 6.44. The quantitative estimate of drug-likeness (QED) is 0.732. The first kappa shape index (κ1) is 12.7. The fraction of sp³-hybridized carbons (Fsp3) is 0.667. The smallest absolute Gasteiger partial charge is 0.0512 e. The molecule has 0 aliphatic carbocycles. The van der Waals surface area contributed by atoms with Crippen LogP contribution in [0.1, 0.15) is 43.2 Å². The van der Waals surface area contributed by atoms with Crippen LogP contribution >= 0.6 is 11.3 Å². The summed E-state index contributed by atoms with van der Waals surface area (Å²) in [5, 5.41) is 14.7. The van der Waals surface area contributed by atoms with Gasteiger partial charge in [0.05, 0.1) is 6.10 Å². The largest absolute Gasteiger partial charge is 0.393 e. The van der Waals surface area contributed by atoms with Gasteiger partial charge >= 0.3 is 0 Å². The van der Waals surface area contributed by atoms with Crippen molar-refractivity contribution in [3.05, 3.63) is 21.9 Å². The molecule has 0 bridgehead atoms. The number of hydrogen-bond acceptors (Lipinski definition) is 3. The van der Waals surface area contributed by atoms with Crippen molar-refractivity contribution in [1.29, 1.82) is 0 Å². The molecule has 1 aromatic rings. The Morgan fingerprint density at radius 2 is 2.20 bits per heavy atom. The van der Waals surface area contributed by atoms with Crippen molar-refractivity contribution in [3.63, 3.8) is 0 Å². The highest BCUT2D eigenvalue weighted by Crippen LogP contribution is 2.23. The Kier molecular flexibility index (Phi) is 5.29. The molecule has 0 saturated carbocycles. The molecule has 0 saturated heterocycles. The van der Waals surface area contributed by atoms with E-state index < -0.39 is 0 Å². The third kappa shape index (κ3) is 4.33. The summed E-state index contributed by atoms with van der Waals surface area (Å²) in [5.41, 5.74) is 1.37. The van der Waals surface area contributed by atoms with Gasteiger partial charge in [-0.05, 0) is 57.2 Å². The van der Waals surface area contributed by atoms with Crippen LogP contribution in [0.4, 0.5) is 0 Å². The number of aryl methyl sites for hydroxylation is 1. The highest BCUT2D eigenvalue weighted by atomic mass is 32.1. The molecule has 0 spiro atoms. The van der Waals surface area contributed by atoms with Crippen molar-refractivity contribution in [2.45, 2.75) is 45.8 Å². The minimum Gasteiger partial charge on any atom is -0.393 e. The van der Waals surface area contributed by atoms with Gasteiger partial charge < -0.3 is 10.4 Å². The number of aliphatic hydroxyl groups excluding tert-OH is 1. The van der Waals surface area contributed by atoms with Crippen molar-refractivity contribution in [1.82, 2.24) is 5.32 Å². The number of rotatable bonds is 6. The van der Waals surface area contributed by atoms with E-state index in [1.165, 1.54) is 10.4 Å². The molecule has 0 aromatic carbocycles. The van der Waals surface area contributed by atoms with Crippen LogP contribution in [0.25, 0.3) is 0 Å². The summed E-state index contributed by atoms with van der Waals surface area (Å²) < 4.78 is 0. The standard InChI is InChI=1S/C12H21NOS/c1-9-6-8-15-12(9)11(3)13-7-4-5-10(2)14/h6,8,10-11,13-14H,4-5,7H2,1-3H3. The SMILES string of the molecule is Cc1ccsc1C(C)NCCCC(C)O. The van der Waals surface area contributed by atoms with E-state index in [2.05, 4.69) is 30.6 Å². The predicted molar refractivity (Wildman–Crippen MR) is 66.4 cm³/mol. The fourth-order valence-corrected chi connectivity index (χ4v) is 2.60. The molecule has 86 valence electrons. The zero-order chi connectivity index (χ0) is 11.3. The van der Waals surface area contributed by atoms with Crippen LogP contribution in [0.15, 0.2) is 11.4 Å². The van der Waals surface area contributed by atoms with Crippen molar-refractivity contribution < 1.29 is 5.11 Å². The van der Waals surface area contributed by atoms with Crippen LogP contribution in [0.5, 0.6) is 0 Å². The third-order valence-corrected chi connectivity index (χ3v) is 3.75. The zero-order valence-corrected chi connectivity index (χ0v) is 10.6. The molecule has 3 heteroatoms. The van der Waals surface area contributed by atoms with E-state index in [-0.39, 0.29) is 6.10 Å². The van der Waals surface area contributed by atoms with E-state index in [9.17, 15) is 0 Å². The molecule has 15 heavy (non-hydrogen) atoms. The molecule has 2 N–H and O–H groups in total. The lowest BCUT2D eigenvalue weighted by Crippen LogP contribution is -2.20. The highest BCUT2D eigenvalue weighted by Gasteiger charge is 2.08. The second kappa shape index (κ2) is 6.26. The van der Waals surface area contributed by atoms with E-state index in [0.717, 1.165) is 19.4 Å². The maximum atomic E-state index is 9.12. The molecular weight excluding hydrogens is 206 g/mol. The molecule has 1 rings (SSSR count). The lowest BCUT2D eigenvalue weighted by molar-refractivity contribution is 0.181. The number of thiophene rings is 1. The maximum Gasteiger partial charge on any atom is 0.0512 e. The average Bonchev–Trinajstić information content (AvgIpc) is 2.58. The average molecular weight is 227 g/mol. The zero-order valence-electron chi connectivity index (χ0n) is 9.79. The summed E-state index contributed by atoms with van der Waals surface area (Å²) in [6.07, 6.45) is 1.74. The Morgan fingerprint density at radius 1 is 1.47 bits per heavy atom. The molecular formula is C12H21NOS. The Bertz CT molecular complexity index is 283. The molecule has 0 radical (unpaired) electrons. The van der Waals surface area contributed by atoms with Crippen LogP contribution in [-0.2, 0) is 0 Å². The fourth-order valence-electron chi connectivity index (χ4n) is 1.64. The third-order valence-electron chi connectivity index (χ3n) is 2.54. The lowest BCUT2D eigenvalue weighted by Gasteiger charge is -2.13. The Hall–Kier alpha value is -0.380. The van der Waals surface area contributed by atoms with Gasteiger partial charge in [0, 0.05) is 10.9 Å². The van der Waals surface area contributed by atoms with Crippen LogP contribution in [0, 0.1) is 6.92 Å². The maximum absolute atomic E-state index is 9.12. The lowest BCUT2D eigenvalue weighted by atomic mass is 10.1. The van der Waals surface area contributed by atoms with Gasteiger partial charge in [0.2, 0.25) is 0 Å². The van der Waals surface area contributed by atoms with Crippen molar-refractivity contribution >= 4 is 11.3 Å². The van der Waals surface area contributed by atoms with E-state index in [1.54, 1.807) is 0 Å². The molecule has 1 aromatic heterocycles. The second-order valence-electron chi connectivity index (χ2n) is 4.13. The molecule has 2 atom stereocenters. The molecule has 1 heterocycles. The van der Waals surface area contributed by atoms with Crippen LogP contribution in [0.2, 0.25) is 0 Å². The van der Waals surface area contributed by atoms with Gasteiger partial charge in [-0.25, -0.2) is 0 Å². The summed E-state index contributed by atoms with van der Waals surface area (Å²) in [4.78, 5) is 1.42. The van der Waals surface area contributed by atoms with Crippen molar-refractivity contribution in [2.75, 3.05) is 6.54 Å². The Labute approximate surface area is 96.3 Å². The summed E-state index contributed by atoms with van der Waals surface area (Å²) in [5.74, 6) is 0. The molecule has 0 aliphatic rings. The van der Waals surface area contributed by atoms with Gasteiger partial charge in [-0.1, -0.05) is 0 Å². The number of hydrogen-bond donors (Lipinski definition) is 2. The normalized spacial score (nSPS) is 15.2. The van der Waals surface area contributed by atoms with Gasteiger partial charge in [-0.3, -0.25) is 0 Å². The Morgan fingerprint density at radius 3 is 2.73 bits per heavy atom. The van der Waals surface area contributed by atoms with Gasteiger partial charge in [0.25, 0.3) is 0 Å². The Balaban J connectivity index is 2.25. The number of aliphatic hydroxyl groups is 1. The summed E-state index contributed by atoms with van der Waals surface area (Å²) >= 11 is 1.81. The van der Waals surface area contributed by atoms with Crippen molar-refractivity contribution in [3.8, 4) is 0 Å². The van der Waals surface area contributed by atoms with E-state index in [4.69, 9.17) is 5.11 Å². The molecule has 2 nitrogen and oxygen atoms in total. The predicted octanol–water partition coefficient (Wildman–Crippen LogP) is 2.87. The van der Waals surface area contributed by atoms with Crippen LogP contribution in [-0.4, -0.2) is 17.8 Å². The van der Waals surface area contributed by atoms with Gasteiger partial charge in [0.15, 0.2) is 0 Å². The molecule has 0 amide bonds. The second-order valence-corrected chi connectivity index (χ2v) is 5.08. The van der Waals surface area contributed by atoms with E-state index in [0.29, 0.717) is 6.04 Å². The molecule has 0 aliphatic heterocycles. The summed E-state index contributed by atoms with van der Waals surface area (Å²) in [6, 6.07) is 2.59. The van der Waals surface area contributed by atoms with E-state index >= 15 is 0 Å². The van der Waals surface area contributed by atoms with Gasteiger partial charge in [-0.15, -0.1) is 11.3 Å². The van der Waals surface area contributed by atoms with Gasteiger partial charge in [0.1, 0.15) is 0 Å². The first-order chi connectivity index (χ1) is 7.11. The minimum absolute atomic E-state index is 0.175. The van der Waals surface area contributed by atoms with E-state index in [1.807, 2.05) is 18.3 Å². The molecule has 2 unspecified atom stereocenters. The number of nitrogens with one attached hydrogen (secondary N) is 1. The van der Waals surface area contributed by atoms with Crippen LogP contribution < -0.4 is 5.32 Å². The highest BCUT2D eigenvalue weighted by molar-refractivity contribution is 7.10. The molecule has 0 fully saturated rings. The first-order valence-electron chi connectivity index (χ1n) is 5.56. The minimum atomic E-state index is -0.175. The van der Waals surface area contributed by atoms with Crippen LogP contribution in [0.3, 0.4) is 0 Å². The van der Waals surface area contributed by atoms with Gasteiger partial charge in [-0.2, -0.15) is 0 Å². The monoisotopic (exact) mass is 227 g/mol. The van der Waals surface area contributed by atoms with Crippen molar-refractivity contribution in [2.24, 2.45) is 0 Å². The topological polar surface area (TPSA) is 32.3 Å². The summed E-state index contributed by atoms with van der Waals surface area (Å²) in [7, 11) is 0. The summed E-state index contributed by atoms with van der Waals surface area (Å²) in [6.45, 7) is 7.16.